The standard InChI is InChI=1S/C17H22N2O2/c1-19-15(13-10-6-3-7-11-13)16(20)18-14(17(19)21)12-8-4-2-5-9-12/h3,6-7,10-12,14-15H,2,4-5,8-9H2,1H3,(H,18,20). The summed E-state index contributed by atoms with van der Waals surface area (Å²) < 4.78 is 0. The Labute approximate surface area is 125 Å². The summed E-state index contributed by atoms with van der Waals surface area (Å²) in [6.45, 7) is 0. The van der Waals surface area contributed by atoms with Crippen LogP contribution in [0.3, 0.4) is 0 Å². The van der Waals surface area contributed by atoms with Crippen molar-refractivity contribution in [3.8, 4) is 0 Å². The van der Waals surface area contributed by atoms with Crippen molar-refractivity contribution in [1.82, 2.24) is 10.2 Å². The van der Waals surface area contributed by atoms with Crippen LogP contribution in [0, 0.1) is 5.92 Å². The lowest BCUT2D eigenvalue weighted by Gasteiger charge is -2.40. The van der Waals surface area contributed by atoms with Gasteiger partial charge in [-0.25, -0.2) is 0 Å². The number of hydrogen-bond acceptors (Lipinski definition) is 2. The van der Waals surface area contributed by atoms with Gasteiger partial charge in [0.25, 0.3) is 0 Å². The number of rotatable bonds is 2. The van der Waals surface area contributed by atoms with E-state index in [9.17, 15) is 9.59 Å². The Morgan fingerprint density at radius 2 is 1.71 bits per heavy atom. The predicted molar refractivity (Wildman–Crippen MR) is 80.5 cm³/mol. The molecule has 2 fully saturated rings. The normalized spacial score (nSPS) is 27.6. The Morgan fingerprint density at radius 3 is 2.38 bits per heavy atom. The molecule has 0 bridgehead atoms. The highest BCUT2D eigenvalue weighted by atomic mass is 16.2. The second kappa shape index (κ2) is 5.88. The molecule has 4 nitrogen and oxygen atoms in total. The van der Waals surface area contributed by atoms with E-state index in [1.54, 1.807) is 11.9 Å². The van der Waals surface area contributed by atoms with Gasteiger partial charge in [0.2, 0.25) is 11.8 Å². The minimum atomic E-state index is -0.501. The van der Waals surface area contributed by atoms with Crippen LogP contribution in [0.1, 0.15) is 43.7 Å². The number of piperazine rings is 1. The van der Waals surface area contributed by atoms with E-state index in [1.165, 1.54) is 6.42 Å². The molecule has 1 aromatic rings. The summed E-state index contributed by atoms with van der Waals surface area (Å²) in [4.78, 5) is 26.8. The molecule has 4 heteroatoms. The predicted octanol–water partition coefficient (Wildman–Crippen LogP) is 2.26. The minimum absolute atomic E-state index is 0.0513. The zero-order chi connectivity index (χ0) is 14.8. The quantitative estimate of drug-likeness (QED) is 0.906. The van der Waals surface area contributed by atoms with E-state index < -0.39 is 6.04 Å². The fraction of sp³-hybridized carbons (Fsp3) is 0.529. The van der Waals surface area contributed by atoms with Crippen LogP contribution in [-0.2, 0) is 9.59 Å². The summed E-state index contributed by atoms with van der Waals surface area (Å²) in [5, 5.41) is 2.98. The van der Waals surface area contributed by atoms with Gasteiger partial charge in [0.1, 0.15) is 12.1 Å². The van der Waals surface area contributed by atoms with Gasteiger partial charge in [-0.15, -0.1) is 0 Å². The maximum atomic E-state index is 12.7. The molecule has 1 aliphatic carbocycles. The van der Waals surface area contributed by atoms with Crippen molar-refractivity contribution < 1.29 is 9.59 Å². The average molecular weight is 286 g/mol. The Hall–Kier alpha value is -1.84. The van der Waals surface area contributed by atoms with Crippen LogP contribution >= 0.6 is 0 Å². The topological polar surface area (TPSA) is 49.4 Å². The van der Waals surface area contributed by atoms with Gasteiger partial charge in [0.15, 0.2) is 0 Å². The molecule has 1 N–H and O–H groups in total. The third-order valence-corrected chi connectivity index (χ3v) is 4.78. The van der Waals surface area contributed by atoms with Crippen LogP contribution in [0.2, 0.25) is 0 Å². The number of nitrogens with zero attached hydrogens (tertiary/aromatic N) is 1. The number of carbonyl (C=O) groups excluding carboxylic acids is 2. The molecule has 2 amide bonds. The fourth-order valence-electron chi connectivity index (χ4n) is 3.61. The molecule has 1 heterocycles. The van der Waals surface area contributed by atoms with E-state index in [-0.39, 0.29) is 17.9 Å². The molecule has 2 aliphatic rings. The van der Waals surface area contributed by atoms with Gasteiger partial charge in [-0.05, 0) is 24.3 Å². The van der Waals surface area contributed by atoms with Crippen molar-refractivity contribution in [1.29, 1.82) is 0 Å². The number of carbonyl (C=O) groups is 2. The molecule has 112 valence electrons. The first-order chi connectivity index (χ1) is 10.2. The molecule has 1 saturated heterocycles. The molecule has 3 rings (SSSR count). The maximum Gasteiger partial charge on any atom is 0.248 e. The molecule has 0 radical (unpaired) electrons. The summed E-state index contributed by atoms with van der Waals surface area (Å²) >= 11 is 0. The van der Waals surface area contributed by atoms with Crippen molar-refractivity contribution in [3.05, 3.63) is 35.9 Å². The third-order valence-electron chi connectivity index (χ3n) is 4.78. The van der Waals surface area contributed by atoms with Crippen LogP contribution in [0.15, 0.2) is 30.3 Å². The highest BCUT2D eigenvalue weighted by molar-refractivity contribution is 5.97. The second-order valence-corrected chi connectivity index (χ2v) is 6.15. The SMILES string of the molecule is CN1C(=O)C(C2CCCCC2)NC(=O)C1c1ccccc1. The molecule has 0 spiro atoms. The number of benzene rings is 1. The van der Waals surface area contributed by atoms with Crippen LogP contribution in [0.25, 0.3) is 0 Å². The van der Waals surface area contributed by atoms with Crippen molar-refractivity contribution in [3.63, 3.8) is 0 Å². The molecule has 21 heavy (non-hydrogen) atoms. The van der Waals surface area contributed by atoms with Crippen molar-refractivity contribution >= 4 is 11.8 Å². The number of nitrogens with one attached hydrogen (secondary N) is 1. The smallest absolute Gasteiger partial charge is 0.248 e. The number of hydrogen-bond donors (Lipinski definition) is 1. The van der Waals surface area contributed by atoms with Gasteiger partial charge >= 0.3 is 0 Å². The van der Waals surface area contributed by atoms with Crippen molar-refractivity contribution in [2.75, 3.05) is 7.05 Å². The van der Waals surface area contributed by atoms with Gasteiger partial charge in [-0.3, -0.25) is 9.59 Å². The first-order valence-electron chi connectivity index (χ1n) is 7.80. The Morgan fingerprint density at radius 1 is 1.05 bits per heavy atom. The maximum absolute atomic E-state index is 12.7. The molecule has 1 aromatic carbocycles. The van der Waals surface area contributed by atoms with Crippen LogP contribution < -0.4 is 5.32 Å². The Balaban J connectivity index is 1.81. The van der Waals surface area contributed by atoms with Crippen LogP contribution in [0.5, 0.6) is 0 Å². The first-order valence-corrected chi connectivity index (χ1v) is 7.80. The van der Waals surface area contributed by atoms with Crippen LogP contribution in [0.4, 0.5) is 0 Å². The Bertz CT molecular complexity index is 523. The largest absolute Gasteiger partial charge is 0.342 e. The summed E-state index contributed by atoms with van der Waals surface area (Å²) in [7, 11) is 1.74. The van der Waals surface area contributed by atoms with E-state index in [4.69, 9.17) is 0 Å². The molecular formula is C17H22N2O2. The van der Waals surface area contributed by atoms with Crippen LogP contribution in [-0.4, -0.2) is 29.8 Å². The zero-order valence-corrected chi connectivity index (χ0v) is 12.4. The summed E-state index contributed by atoms with van der Waals surface area (Å²) in [6, 6.07) is 8.67. The zero-order valence-electron chi connectivity index (χ0n) is 12.4. The van der Waals surface area contributed by atoms with E-state index >= 15 is 0 Å². The second-order valence-electron chi connectivity index (χ2n) is 6.15. The summed E-state index contributed by atoms with van der Waals surface area (Å²) in [5.41, 5.74) is 0.868. The van der Waals surface area contributed by atoms with Gasteiger partial charge < -0.3 is 10.2 Å². The lowest BCUT2D eigenvalue weighted by atomic mass is 9.82. The molecule has 1 aliphatic heterocycles. The highest BCUT2D eigenvalue weighted by Crippen LogP contribution is 2.32. The highest BCUT2D eigenvalue weighted by Gasteiger charge is 2.42. The first kappa shape index (κ1) is 14.1. The molecule has 1 saturated carbocycles. The van der Waals surface area contributed by atoms with Gasteiger partial charge in [-0.2, -0.15) is 0 Å². The molecular weight excluding hydrogens is 264 g/mol. The van der Waals surface area contributed by atoms with E-state index in [0.29, 0.717) is 5.92 Å². The van der Waals surface area contributed by atoms with Crippen molar-refractivity contribution in [2.24, 2.45) is 5.92 Å². The van der Waals surface area contributed by atoms with E-state index in [1.807, 2.05) is 30.3 Å². The summed E-state index contributed by atoms with van der Waals surface area (Å²) in [5.74, 6) is 0.295. The average Bonchev–Trinajstić information content (AvgIpc) is 2.53. The molecule has 0 aromatic heterocycles. The van der Waals surface area contributed by atoms with Gasteiger partial charge in [-0.1, -0.05) is 49.6 Å². The van der Waals surface area contributed by atoms with Crippen molar-refractivity contribution in [2.45, 2.75) is 44.2 Å². The van der Waals surface area contributed by atoms with Gasteiger partial charge in [0.05, 0.1) is 0 Å². The lowest BCUT2D eigenvalue weighted by Crippen LogP contribution is -2.60. The van der Waals surface area contributed by atoms with E-state index in [0.717, 1.165) is 31.2 Å². The number of amides is 2. The monoisotopic (exact) mass is 286 g/mol. The lowest BCUT2D eigenvalue weighted by molar-refractivity contribution is -0.150. The van der Waals surface area contributed by atoms with E-state index in [2.05, 4.69) is 5.32 Å². The molecule has 2 atom stereocenters. The third kappa shape index (κ3) is 2.67. The van der Waals surface area contributed by atoms with Gasteiger partial charge in [0, 0.05) is 7.05 Å². The minimum Gasteiger partial charge on any atom is -0.342 e. The number of likely N-dealkylation sites (N-methyl/N-ethyl adjacent to an activating group) is 1. The Kier molecular flexibility index (Phi) is 3.95. The summed E-state index contributed by atoms with van der Waals surface area (Å²) in [6.07, 6.45) is 5.65. The fourth-order valence-corrected chi connectivity index (χ4v) is 3.61. The molecule has 2 unspecified atom stereocenters.